The summed E-state index contributed by atoms with van der Waals surface area (Å²) in [4.78, 5) is 4.65. The van der Waals surface area contributed by atoms with Gasteiger partial charge in [0, 0.05) is 17.8 Å². The Hall–Kier alpha value is -3.33. The zero-order valence-electron chi connectivity index (χ0n) is 18.1. The first-order valence-corrected chi connectivity index (χ1v) is 11.1. The average molecular weight is 409 g/mol. The van der Waals surface area contributed by atoms with E-state index in [0.29, 0.717) is 24.5 Å². The minimum atomic E-state index is 0.319. The fraction of sp³-hybridized carbons (Fsp3) is 0.250. The van der Waals surface area contributed by atoms with Crippen molar-refractivity contribution in [1.82, 2.24) is 0 Å². The van der Waals surface area contributed by atoms with Crippen molar-refractivity contribution in [3.63, 3.8) is 0 Å². The highest BCUT2D eigenvalue weighted by Gasteiger charge is 2.37. The molecule has 3 aromatic rings. The molecule has 0 fully saturated rings. The van der Waals surface area contributed by atoms with Crippen molar-refractivity contribution in [3.05, 3.63) is 101 Å². The van der Waals surface area contributed by atoms with Crippen molar-refractivity contribution in [1.29, 1.82) is 0 Å². The third-order valence-electron chi connectivity index (χ3n) is 6.32. The minimum Gasteiger partial charge on any atom is -0.494 e. The summed E-state index contributed by atoms with van der Waals surface area (Å²) in [6, 6.07) is 23.8. The Morgan fingerprint density at radius 1 is 1.03 bits per heavy atom. The Kier molecular flexibility index (Phi) is 5.33. The topological polar surface area (TPSA) is 33.6 Å². The molecule has 1 aliphatic carbocycles. The molecule has 0 saturated carbocycles. The summed E-state index contributed by atoms with van der Waals surface area (Å²) in [5, 5.41) is 3.81. The fourth-order valence-corrected chi connectivity index (χ4v) is 4.78. The molecule has 5 rings (SSSR count). The monoisotopic (exact) mass is 408 g/mol. The first-order chi connectivity index (χ1) is 15.2. The van der Waals surface area contributed by atoms with Crippen LogP contribution < -0.4 is 10.1 Å². The second kappa shape index (κ2) is 8.43. The van der Waals surface area contributed by atoms with E-state index in [2.05, 4.69) is 71.8 Å². The molecule has 3 atom stereocenters. The Bertz CT molecular complexity index is 1110. The molecule has 3 nitrogen and oxygen atoms in total. The Morgan fingerprint density at radius 2 is 1.84 bits per heavy atom. The first kappa shape index (κ1) is 19.6. The lowest BCUT2D eigenvalue weighted by molar-refractivity contribution is 0.340. The number of hydrogen-bond donors (Lipinski definition) is 1. The van der Waals surface area contributed by atoms with Gasteiger partial charge >= 0.3 is 0 Å². The number of aliphatic imine (C=N–C) groups is 1. The average Bonchev–Trinajstić information content (AvgIpc) is 3.29. The largest absolute Gasteiger partial charge is 0.494 e. The summed E-state index contributed by atoms with van der Waals surface area (Å²) in [7, 11) is 0. The van der Waals surface area contributed by atoms with Gasteiger partial charge in [0.15, 0.2) is 0 Å². The van der Waals surface area contributed by atoms with Gasteiger partial charge in [0.05, 0.1) is 18.3 Å². The summed E-state index contributed by atoms with van der Waals surface area (Å²) in [6.07, 6.45) is 7.76. The molecule has 1 N–H and O–H groups in total. The second-order valence-electron chi connectivity index (χ2n) is 8.42. The van der Waals surface area contributed by atoms with Crippen LogP contribution >= 0.6 is 0 Å². The number of fused-ring (bicyclic) bond motifs is 3. The molecule has 1 aliphatic heterocycles. The maximum Gasteiger partial charge on any atom is 0.119 e. The molecule has 0 bridgehead atoms. The van der Waals surface area contributed by atoms with E-state index in [4.69, 9.17) is 4.74 Å². The summed E-state index contributed by atoms with van der Waals surface area (Å²) in [5.41, 5.74) is 7.38. The van der Waals surface area contributed by atoms with Crippen LogP contribution in [-0.2, 0) is 0 Å². The molecule has 1 heterocycles. The maximum absolute atomic E-state index is 5.50. The molecule has 0 radical (unpaired) electrons. The van der Waals surface area contributed by atoms with Crippen LogP contribution in [0.2, 0.25) is 0 Å². The van der Waals surface area contributed by atoms with Crippen LogP contribution in [0.3, 0.4) is 0 Å². The van der Waals surface area contributed by atoms with Gasteiger partial charge in [-0.25, -0.2) is 0 Å². The van der Waals surface area contributed by atoms with E-state index in [-0.39, 0.29) is 0 Å². The number of anilines is 1. The van der Waals surface area contributed by atoms with E-state index in [1.807, 2.05) is 37.4 Å². The van der Waals surface area contributed by atoms with Gasteiger partial charge in [-0.2, -0.15) is 0 Å². The van der Waals surface area contributed by atoms with Crippen LogP contribution in [0.15, 0.2) is 83.9 Å². The predicted molar refractivity (Wildman–Crippen MR) is 129 cm³/mol. The quantitative estimate of drug-likeness (QED) is 0.365. The van der Waals surface area contributed by atoms with Crippen LogP contribution in [0.1, 0.15) is 47.6 Å². The normalized spacial score (nSPS) is 21.5. The van der Waals surface area contributed by atoms with Crippen molar-refractivity contribution >= 4 is 17.6 Å². The van der Waals surface area contributed by atoms with Crippen LogP contribution in [0.25, 0.3) is 0 Å². The minimum absolute atomic E-state index is 0.319. The zero-order valence-corrected chi connectivity index (χ0v) is 18.1. The van der Waals surface area contributed by atoms with Crippen molar-refractivity contribution in [3.8, 4) is 5.75 Å². The zero-order chi connectivity index (χ0) is 21.2. The highest BCUT2D eigenvalue weighted by atomic mass is 16.5. The standard InChI is InChI=1S/C28H28N2O/c1-3-31-23-14-8-20(9-15-23)18-29-22-12-10-21(11-13-22)28-25-6-4-5-24(25)26-17-19(2)7-16-27(26)30-28/h4-5,7-18,24-25,28,30H,3,6H2,1-2H3/t24-,25-,28-/m0/s1. The number of aryl methyl sites for hydroxylation is 1. The molecular weight excluding hydrogens is 380 g/mol. The smallest absolute Gasteiger partial charge is 0.119 e. The van der Waals surface area contributed by atoms with Crippen molar-refractivity contribution in [2.75, 3.05) is 11.9 Å². The van der Waals surface area contributed by atoms with Crippen LogP contribution in [0.5, 0.6) is 5.75 Å². The number of allylic oxidation sites excluding steroid dienone is 2. The van der Waals surface area contributed by atoms with Gasteiger partial charge in [-0.3, -0.25) is 4.99 Å². The van der Waals surface area contributed by atoms with Crippen LogP contribution in [-0.4, -0.2) is 12.8 Å². The molecule has 31 heavy (non-hydrogen) atoms. The van der Waals surface area contributed by atoms with E-state index in [0.717, 1.165) is 23.4 Å². The van der Waals surface area contributed by atoms with E-state index in [9.17, 15) is 0 Å². The third kappa shape index (κ3) is 4.00. The molecule has 0 saturated heterocycles. The Labute approximate surface area is 184 Å². The first-order valence-electron chi connectivity index (χ1n) is 11.1. The number of benzene rings is 3. The summed E-state index contributed by atoms with van der Waals surface area (Å²) in [5.74, 6) is 1.95. The lowest BCUT2D eigenvalue weighted by Gasteiger charge is -2.37. The maximum atomic E-state index is 5.50. The molecule has 156 valence electrons. The fourth-order valence-electron chi connectivity index (χ4n) is 4.78. The van der Waals surface area contributed by atoms with Crippen LogP contribution in [0.4, 0.5) is 11.4 Å². The SMILES string of the molecule is CCOc1ccc(C=Nc2ccc([C@@H]3Nc4ccc(C)cc4[C@H]4C=CC[C@@H]43)cc2)cc1. The lowest BCUT2D eigenvalue weighted by Crippen LogP contribution is -2.29. The van der Waals surface area contributed by atoms with E-state index < -0.39 is 0 Å². The van der Waals surface area contributed by atoms with Gasteiger partial charge in [0.1, 0.15) is 5.75 Å². The second-order valence-corrected chi connectivity index (χ2v) is 8.42. The number of nitrogens with zero attached hydrogens (tertiary/aromatic N) is 1. The van der Waals surface area contributed by atoms with E-state index >= 15 is 0 Å². The summed E-state index contributed by atoms with van der Waals surface area (Å²) >= 11 is 0. The molecule has 0 amide bonds. The molecular formula is C28H28N2O. The number of ether oxygens (including phenoxy) is 1. The highest BCUT2D eigenvalue weighted by molar-refractivity contribution is 5.82. The Balaban J connectivity index is 1.33. The summed E-state index contributed by atoms with van der Waals surface area (Å²) in [6.45, 7) is 4.84. The molecule has 3 heteroatoms. The van der Waals surface area contributed by atoms with Crippen molar-refractivity contribution in [2.24, 2.45) is 10.9 Å². The van der Waals surface area contributed by atoms with Crippen molar-refractivity contribution in [2.45, 2.75) is 32.2 Å². The van der Waals surface area contributed by atoms with E-state index in [1.54, 1.807) is 0 Å². The molecule has 0 unspecified atom stereocenters. The Morgan fingerprint density at radius 3 is 2.61 bits per heavy atom. The van der Waals surface area contributed by atoms with Gasteiger partial charge in [-0.1, -0.05) is 42.0 Å². The van der Waals surface area contributed by atoms with Gasteiger partial charge in [-0.05, 0) is 85.3 Å². The molecule has 2 aliphatic rings. The number of rotatable bonds is 5. The number of hydrogen-bond acceptors (Lipinski definition) is 3. The molecule has 0 aromatic heterocycles. The van der Waals surface area contributed by atoms with Gasteiger partial charge < -0.3 is 10.1 Å². The van der Waals surface area contributed by atoms with E-state index in [1.165, 1.54) is 22.4 Å². The van der Waals surface area contributed by atoms with Gasteiger partial charge in [0.2, 0.25) is 0 Å². The van der Waals surface area contributed by atoms with Crippen molar-refractivity contribution < 1.29 is 4.74 Å². The predicted octanol–water partition coefficient (Wildman–Crippen LogP) is 6.97. The molecule has 0 spiro atoms. The highest BCUT2D eigenvalue weighted by Crippen LogP contribution is 2.50. The third-order valence-corrected chi connectivity index (χ3v) is 6.32. The van der Waals surface area contributed by atoms with Crippen LogP contribution in [0, 0.1) is 12.8 Å². The van der Waals surface area contributed by atoms with Gasteiger partial charge in [-0.15, -0.1) is 0 Å². The molecule has 3 aromatic carbocycles. The summed E-state index contributed by atoms with van der Waals surface area (Å²) < 4.78 is 5.50. The number of nitrogens with one attached hydrogen (secondary N) is 1. The lowest BCUT2D eigenvalue weighted by atomic mass is 9.76. The van der Waals surface area contributed by atoms with Gasteiger partial charge in [0.25, 0.3) is 0 Å².